The van der Waals surface area contributed by atoms with Gasteiger partial charge < -0.3 is 5.11 Å². The molecule has 0 saturated carbocycles. The maximum absolute atomic E-state index is 9.37. The summed E-state index contributed by atoms with van der Waals surface area (Å²) in [6, 6.07) is 0. The van der Waals surface area contributed by atoms with Crippen molar-refractivity contribution in [3.05, 3.63) is 0 Å². The predicted molar refractivity (Wildman–Crippen MR) is 34.2 cm³/mol. The van der Waals surface area contributed by atoms with Crippen molar-refractivity contribution < 1.29 is 9.90 Å². The molecule has 0 rings (SSSR count). The first-order valence-corrected chi connectivity index (χ1v) is 5.11. The van der Waals surface area contributed by atoms with E-state index in [1.807, 2.05) is 0 Å². The van der Waals surface area contributed by atoms with Crippen LogP contribution < -0.4 is 0 Å². The van der Waals surface area contributed by atoms with Crippen molar-refractivity contribution >= 4 is 54.9 Å². The molecule has 0 aromatic carbocycles. The Bertz CT molecular complexity index is 54.4. The molecule has 0 aromatic heterocycles. The second kappa shape index (κ2) is 11.0. The monoisotopic (exact) mass is 142 g/mol. The van der Waals surface area contributed by atoms with Crippen molar-refractivity contribution in [1.29, 1.82) is 0 Å². The Kier molecular flexibility index (Phi) is 16.3. The average Bonchev–Trinajstić information content (AvgIpc) is 1.69. The Morgan fingerprint density at radius 1 is 1.62 bits per heavy atom. The number of carbonyl (C=O) groups is 1. The van der Waals surface area contributed by atoms with E-state index in [2.05, 4.69) is 6.92 Å². The summed E-state index contributed by atoms with van der Waals surface area (Å²) in [4.78, 5) is 9.37. The van der Waals surface area contributed by atoms with Gasteiger partial charge in [-0.15, -0.1) is 0 Å². The maximum atomic E-state index is 9.37. The second-order valence-electron chi connectivity index (χ2n) is 1.45. The van der Waals surface area contributed by atoms with E-state index in [1.165, 1.54) is 0.515 Å². The van der Waals surface area contributed by atoms with Crippen LogP contribution in [0.15, 0.2) is 0 Å². The molecular weight excluding hydrogens is 131 g/mol. The molecule has 0 spiro atoms. The standard InChI is InChI=1S/C3H6O2.C2H5.K/c1-2-3(4)5;1-2;/h2H2,1H3,(H,4,5);1H2,2H3;. The first-order valence-electron chi connectivity index (χ1n) is 2.90. The molecule has 1 N–H and O–H groups in total. The van der Waals surface area contributed by atoms with Crippen molar-refractivity contribution in [2.24, 2.45) is 0 Å². The van der Waals surface area contributed by atoms with Gasteiger partial charge in [-0.1, -0.05) is 6.92 Å². The van der Waals surface area contributed by atoms with Crippen LogP contribution in [0.1, 0.15) is 20.3 Å². The van der Waals surface area contributed by atoms with Gasteiger partial charge in [-0.2, -0.15) is 0 Å². The van der Waals surface area contributed by atoms with Crippen LogP contribution in [0.25, 0.3) is 0 Å². The fourth-order valence-corrected chi connectivity index (χ4v) is 0. The number of rotatable bonds is 1. The molecule has 0 atom stereocenters. The predicted octanol–water partition coefficient (Wildman–Crippen LogP) is 1.07. The third-order valence-corrected chi connectivity index (χ3v) is 0.302. The summed E-state index contributed by atoms with van der Waals surface area (Å²) in [5.74, 6) is -0.745. The zero-order chi connectivity index (χ0) is 6.99. The van der Waals surface area contributed by atoms with Crippen LogP contribution in [0.2, 0.25) is 0.515 Å². The van der Waals surface area contributed by atoms with E-state index in [4.69, 9.17) is 5.11 Å². The first kappa shape index (κ1) is 11.8. The molecule has 0 unspecified atom stereocenters. The molecule has 0 aliphatic heterocycles. The van der Waals surface area contributed by atoms with Crippen LogP contribution in [-0.2, 0) is 4.79 Å². The fraction of sp³-hybridized carbons (Fsp3) is 0.800. The van der Waals surface area contributed by atoms with E-state index >= 15 is 0 Å². The molecule has 2 nitrogen and oxygen atoms in total. The van der Waals surface area contributed by atoms with E-state index in [1.54, 1.807) is 6.92 Å². The Morgan fingerprint density at radius 2 is 1.75 bits per heavy atom. The summed E-state index contributed by atoms with van der Waals surface area (Å²) in [6.07, 6.45) is 0.222. The third kappa shape index (κ3) is 27.5. The van der Waals surface area contributed by atoms with Crippen LogP contribution in [-0.4, -0.2) is 60.0 Å². The van der Waals surface area contributed by atoms with Gasteiger partial charge >= 0.3 is 62.4 Å². The van der Waals surface area contributed by atoms with E-state index < -0.39 is 5.97 Å². The summed E-state index contributed by atoms with van der Waals surface area (Å²) in [6.45, 7) is 3.81. The van der Waals surface area contributed by atoms with Crippen LogP contribution >= 0.6 is 0 Å². The summed E-state index contributed by atoms with van der Waals surface area (Å²) in [5, 5.41) is 7.72. The Hall–Kier alpha value is 1.11. The van der Waals surface area contributed by atoms with E-state index in [-0.39, 0.29) is 6.42 Å². The molecule has 44 valence electrons. The van der Waals surface area contributed by atoms with Crippen LogP contribution in [0.3, 0.4) is 0 Å². The Balaban J connectivity index is 0. The molecule has 0 fully saturated rings. The summed E-state index contributed by atoms with van der Waals surface area (Å²) in [7, 11) is 0. The molecule has 0 aromatic rings. The van der Waals surface area contributed by atoms with Gasteiger partial charge in [0.2, 0.25) is 0 Å². The molecule has 0 amide bonds. The zero-order valence-electron chi connectivity index (χ0n) is 5.77. The zero-order valence-corrected chi connectivity index (χ0v) is 8.89. The number of hydrogen-bond donors (Lipinski definition) is 1. The number of aliphatic carboxylic acids is 1. The van der Waals surface area contributed by atoms with E-state index in [0.717, 1.165) is 49.0 Å². The van der Waals surface area contributed by atoms with Gasteiger partial charge in [-0.3, -0.25) is 4.79 Å². The van der Waals surface area contributed by atoms with E-state index in [0.29, 0.717) is 0 Å². The molecule has 0 aliphatic rings. The number of hydrogen-bond acceptors (Lipinski definition) is 1. The summed E-state index contributed by atoms with van der Waals surface area (Å²) in [5.41, 5.74) is 0. The Labute approximate surface area is 84.2 Å². The molecule has 3 heteroatoms. The van der Waals surface area contributed by atoms with Gasteiger partial charge in [0, 0.05) is 6.42 Å². The van der Waals surface area contributed by atoms with Crippen molar-refractivity contribution in [2.45, 2.75) is 20.8 Å². The molecule has 8 heavy (non-hydrogen) atoms. The molecule has 0 saturated heterocycles. The van der Waals surface area contributed by atoms with Crippen molar-refractivity contribution in [1.82, 2.24) is 0 Å². The van der Waals surface area contributed by atoms with Gasteiger partial charge in [0.25, 0.3) is 0 Å². The van der Waals surface area contributed by atoms with Gasteiger partial charge in [0.15, 0.2) is 0 Å². The van der Waals surface area contributed by atoms with E-state index in [9.17, 15) is 4.79 Å². The first-order chi connectivity index (χ1) is 3.68. The van der Waals surface area contributed by atoms with Crippen molar-refractivity contribution in [3.8, 4) is 0 Å². The van der Waals surface area contributed by atoms with Gasteiger partial charge in [-0.25, -0.2) is 0 Å². The normalized spacial score (nSPS) is 7.00. The fourth-order valence-electron chi connectivity index (χ4n) is 0. The number of carboxylic acid groups (broad SMARTS) is 1. The third-order valence-electron chi connectivity index (χ3n) is 0.302. The Morgan fingerprint density at radius 3 is 1.75 bits per heavy atom. The molecular formula is C5H11KO2. The minimum atomic E-state index is -0.745. The average molecular weight is 142 g/mol. The number of carboxylic acids is 1. The molecule has 0 bridgehead atoms. The topological polar surface area (TPSA) is 37.3 Å². The van der Waals surface area contributed by atoms with Crippen LogP contribution in [0, 0.1) is 0 Å². The molecule has 0 radical (unpaired) electrons. The SMILES string of the molecule is CCC(=O)O.C[CH2][K]. The molecule has 0 aliphatic carbocycles. The minimum absolute atomic E-state index is 0.222. The van der Waals surface area contributed by atoms with Gasteiger partial charge in [0.1, 0.15) is 0 Å². The quantitative estimate of drug-likeness (QED) is 0.556. The second-order valence-corrected chi connectivity index (χ2v) is 3.66. The van der Waals surface area contributed by atoms with Gasteiger partial charge in [-0.05, 0) is 0 Å². The van der Waals surface area contributed by atoms with Crippen molar-refractivity contribution in [3.63, 3.8) is 0 Å². The molecule has 0 heterocycles. The van der Waals surface area contributed by atoms with Gasteiger partial charge in [0.05, 0.1) is 0 Å². The summed E-state index contributed by atoms with van der Waals surface area (Å²) < 4.78 is 1.44. The summed E-state index contributed by atoms with van der Waals surface area (Å²) >= 11 is 1.10. The van der Waals surface area contributed by atoms with Crippen LogP contribution in [0.5, 0.6) is 0 Å². The van der Waals surface area contributed by atoms with Crippen LogP contribution in [0.4, 0.5) is 0 Å². The van der Waals surface area contributed by atoms with Crippen molar-refractivity contribution in [2.75, 3.05) is 0 Å².